The van der Waals surface area contributed by atoms with Gasteiger partial charge in [-0.1, -0.05) is 176 Å². The molecule has 11 rings (SSSR count). The maximum absolute atomic E-state index is 5.11. The van der Waals surface area contributed by atoms with Gasteiger partial charge in [-0.15, -0.1) is 0 Å². The van der Waals surface area contributed by atoms with Gasteiger partial charge in [-0.05, 0) is 80.2 Å². The third-order valence-electron chi connectivity index (χ3n) is 11.2. The van der Waals surface area contributed by atoms with Gasteiger partial charge >= 0.3 is 0 Å². The fourth-order valence-electron chi connectivity index (χ4n) is 8.41. The van der Waals surface area contributed by atoms with Crippen LogP contribution in [0.4, 0.5) is 0 Å². The van der Waals surface area contributed by atoms with E-state index in [-0.39, 0.29) is 0 Å². The lowest BCUT2D eigenvalue weighted by Crippen LogP contribution is -1.96. The summed E-state index contributed by atoms with van der Waals surface area (Å²) in [5.41, 5.74) is 13.1. The van der Waals surface area contributed by atoms with E-state index < -0.39 is 0 Å². The van der Waals surface area contributed by atoms with Crippen LogP contribution in [0.1, 0.15) is 0 Å². The Morgan fingerprint density at radius 1 is 0.298 bits per heavy atom. The van der Waals surface area contributed by atoms with Crippen LogP contribution in [0, 0.1) is 0 Å². The fourth-order valence-corrected chi connectivity index (χ4v) is 8.41. The average Bonchev–Trinajstić information content (AvgIpc) is 3.63. The number of nitrogens with zero attached hydrogens (tertiary/aromatic N) is 3. The molecule has 0 aliphatic carbocycles. The summed E-state index contributed by atoms with van der Waals surface area (Å²) in [4.78, 5) is 10.2. The highest BCUT2D eigenvalue weighted by molar-refractivity contribution is 6.14. The molecule has 2 aromatic heterocycles. The van der Waals surface area contributed by atoms with Crippen LogP contribution < -0.4 is 0 Å². The molecule has 266 valence electrons. The molecule has 0 saturated carbocycles. The zero-order valence-electron chi connectivity index (χ0n) is 31.0. The van der Waals surface area contributed by atoms with Crippen molar-refractivity contribution in [1.82, 2.24) is 14.5 Å². The fraction of sp³-hybridized carbons (Fsp3) is 0. The molecule has 9 aromatic carbocycles. The first-order chi connectivity index (χ1) is 28.2. The van der Waals surface area contributed by atoms with Crippen LogP contribution in [0.2, 0.25) is 0 Å². The minimum absolute atomic E-state index is 0.706. The molecule has 0 saturated heterocycles. The second-order valence-corrected chi connectivity index (χ2v) is 14.6. The molecule has 0 N–H and O–H groups in total. The predicted molar refractivity (Wildman–Crippen MR) is 239 cm³/mol. The van der Waals surface area contributed by atoms with Crippen LogP contribution in [0.3, 0.4) is 0 Å². The lowest BCUT2D eigenvalue weighted by Gasteiger charge is -2.13. The lowest BCUT2D eigenvalue weighted by atomic mass is 9.93. The normalized spacial score (nSPS) is 11.5. The van der Waals surface area contributed by atoms with Crippen LogP contribution in [0.25, 0.3) is 105 Å². The zero-order chi connectivity index (χ0) is 37.7. The number of hydrogen-bond acceptors (Lipinski definition) is 2. The van der Waals surface area contributed by atoms with Crippen LogP contribution in [-0.2, 0) is 0 Å². The van der Waals surface area contributed by atoms with E-state index in [0.29, 0.717) is 5.82 Å². The first-order valence-electron chi connectivity index (χ1n) is 19.4. The summed E-state index contributed by atoms with van der Waals surface area (Å²) in [7, 11) is 0. The molecule has 0 fully saturated rings. The molecule has 0 bridgehead atoms. The van der Waals surface area contributed by atoms with Gasteiger partial charge in [0.1, 0.15) is 0 Å². The van der Waals surface area contributed by atoms with Crippen molar-refractivity contribution in [1.29, 1.82) is 0 Å². The second-order valence-electron chi connectivity index (χ2n) is 14.6. The molecule has 0 aliphatic heterocycles. The van der Waals surface area contributed by atoms with Gasteiger partial charge in [0.2, 0.25) is 0 Å². The Labute approximate surface area is 330 Å². The molecule has 0 atom stereocenters. The summed E-state index contributed by atoms with van der Waals surface area (Å²) in [6.45, 7) is 0. The van der Waals surface area contributed by atoms with E-state index in [1.165, 1.54) is 60.0 Å². The van der Waals surface area contributed by atoms with Crippen LogP contribution in [-0.4, -0.2) is 14.5 Å². The van der Waals surface area contributed by atoms with Gasteiger partial charge in [-0.25, -0.2) is 9.97 Å². The zero-order valence-corrected chi connectivity index (χ0v) is 31.0. The highest BCUT2D eigenvalue weighted by atomic mass is 15.0. The quantitative estimate of drug-likeness (QED) is 0.160. The monoisotopic (exact) mass is 725 g/mol. The van der Waals surface area contributed by atoms with Gasteiger partial charge in [-0.3, -0.25) is 0 Å². The van der Waals surface area contributed by atoms with Crippen molar-refractivity contribution >= 4 is 43.4 Å². The van der Waals surface area contributed by atoms with Crippen molar-refractivity contribution in [3.05, 3.63) is 212 Å². The van der Waals surface area contributed by atoms with Crippen LogP contribution in [0.5, 0.6) is 0 Å². The van der Waals surface area contributed by atoms with Crippen molar-refractivity contribution in [2.45, 2.75) is 0 Å². The summed E-state index contributed by atoms with van der Waals surface area (Å²) >= 11 is 0. The van der Waals surface area contributed by atoms with Crippen molar-refractivity contribution in [3.63, 3.8) is 0 Å². The van der Waals surface area contributed by atoms with Gasteiger partial charge in [0, 0.05) is 33.2 Å². The number of para-hydroxylation sites is 2. The Hall–Kier alpha value is -7.62. The standard InChI is InChI=1S/C54H35N3/c1-2-12-41(13-3-1)54-55-50(35-51(56-54)40-28-24-38(25-29-40)49-34-42-14-4-5-15-44(42)45-16-6-7-17-46(45)49)39-26-22-36(23-27-39)37-30-32-43(33-31-37)57-52-20-10-8-18-47(52)48-19-9-11-21-53(48)57/h1-35H. The lowest BCUT2D eigenvalue weighted by molar-refractivity contribution is 1.18. The molecule has 0 amide bonds. The van der Waals surface area contributed by atoms with Crippen LogP contribution in [0.15, 0.2) is 212 Å². The number of rotatable bonds is 6. The molecule has 3 heteroatoms. The molecular weight excluding hydrogens is 691 g/mol. The van der Waals surface area contributed by atoms with Crippen molar-refractivity contribution in [2.75, 3.05) is 0 Å². The Kier molecular flexibility index (Phi) is 7.82. The minimum atomic E-state index is 0.706. The Bertz CT molecular complexity index is 3200. The van der Waals surface area contributed by atoms with Gasteiger partial charge in [0.05, 0.1) is 22.4 Å². The molecule has 0 radical (unpaired) electrons. The van der Waals surface area contributed by atoms with Crippen LogP contribution >= 0.6 is 0 Å². The van der Waals surface area contributed by atoms with Gasteiger partial charge in [-0.2, -0.15) is 0 Å². The van der Waals surface area contributed by atoms with Crippen molar-refractivity contribution < 1.29 is 0 Å². The summed E-state index contributed by atoms with van der Waals surface area (Å²) < 4.78 is 2.35. The first-order valence-corrected chi connectivity index (χ1v) is 19.4. The summed E-state index contributed by atoms with van der Waals surface area (Å²) in [6.07, 6.45) is 0. The van der Waals surface area contributed by atoms with E-state index in [4.69, 9.17) is 9.97 Å². The van der Waals surface area contributed by atoms with Crippen molar-refractivity contribution in [3.8, 4) is 61.8 Å². The van der Waals surface area contributed by atoms with Gasteiger partial charge < -0.3 is 4.57 Å². The van der Waals surface area contributed by atoms with Gasteiger partial charge in [0.15, 0.2) is 5.82 Å². The van der Waals surface area contributed by atoms with E-state index in [2.05, 4.69) is 199 Å². The number of aromatic nitrogens is 3. The van der Waals surface area contributed by atoms with Crippen molar-refractivity contribution in [2.24, 2.45) is 0 Å². The molecule has 57 heavy (non-hydrogen) atoms. The van der Waals surface area contributed by atoms with E-state index >= 15 is 0 Å². The Morgan fingerprint density at radius 2 is 0.754 bits per heavy atom. The molecule has 0 aliphatic rings. The van der Waals surface area contributed by atoms with E-state index in [9.17, 15) is 0 Å². The molecule has 0 unspecified atom stereocenters. The SMILES string of the molecule is c1ccc(-c2nc(-c3ccc(-c4ccc(-n5c6ccccc6c6ccccc65)cc4)cc3)cc(-c3ccc(-c4cc5ccccc5c5ccccc45)cc3)n2)cc1. The highest BCUT2D eigenvalue weighted by Crippen LogP contribution is 2.37. The Balaban J connectivity index is 0.936. The molecule has 11 aromatic rings. The van der Waals surface area contributed by atoms with E-state index in [1.54, 1.807) is 0 Å². The average molecular weight is 726 g/mol. The minimum Gasteiger partial charge on any atom is -0.309 e. The topological polar surface area (TPSA) is 30.7 Å². The summed E-state index contributed by atoms with van der Waals surface area (Å²) in [5, 5.41) is 7.57. The summed E-state index contributed by atoms with van der Waals surface area (Å²) in [5.74, 6) is 0.706. The largest absolute Gasteiger partial charge is 0.309 e. The number of benzene rings is 9. The van der Waals surface area contributed by atoms with E-state index in [1.807, 2.05) is 18.2 Å². The summed E-state index contributed by atoms with van der Waals surface area (Å²) in [6, 6.07) is 75.7. The van der Waals surface area contributed by atoms with E-state index in [0.717, 1.165) is 39.3 Å². The third-order valence-corrected chi connectivity index (χ3v) is 11.2. The maximum Gasteiger partial charge on any atom is 0.160 e. The molecular formula is C54H35N3. The third kappa shape index (κ3) is 5.76. The smallest absolute Gasteiger partial charge is 0.160 e. The van der Waals surface area contributed by atoms with Gasteiger partial charge in [0.25, 0.3) is 0 Å². The predicted octanol–water partition coefficient (Wildman–Crippen LogP) is 14.2. The maximum atomic E-state index is 5.11. The second kappa shape index (κ2) is 13.6. The number of fused-ring (bicyclic) bond motifs is 6. The molecule has 2 heterocycles. The first kappa shape index (κ1) is 32.8. The number of hydrogen-bond donors (Lipinski definition) is 0. The highest BCUT2D eigenvalue weighted by Gasteiger charge is 2.14. The Morgan fingerprint density at radius 3 is 1.37 bits per heavy atom. The molecule has 3 nitrogen and oxygen atoms in total. The molecule has 0 spiro atoms.